The molecule has 0 bridgehead atoms. The minimum atomic E-state index is -1.33. The van der Waals surface area contributed by atoms with Crippen LogP contribution in [0, 0.1) is 0 Å². The number of thiazole rings is 1. The lowest BCUT2D eigenvalue weighted by atomic mass is 10.0. The van der Waals surface area contributed by atoms with Gasteiger partial charge in [0.2, 0.25) is 0 Å². The zero-order chi connectivity index (χ0) is 23.0. The van der Waals surface area contributed by atoms with E-state index in [-0.39, 0.29) is 28.9 Å². The normalized spacial score (nSPS) is 22.6. The number of nitrogens with zero attached hydrogens (tertiary/aromatic N) is 4. The quantitative estimate of drug-likeness (QED) is 0.178. The van der Waals surface area contributed by atoms with Gasteiger partial charge in [0, 0.05) is 29.8 Å². The average molecular weight is 483 g/mol. The summed E-state index contributed by atoms with van der Waals surface area (Å²) in [5.74, 6) is -2.64. The number of carboxylic acids is 1. The highest BCUT2D eigenvalue weighted by atomic mass is 32.2. The number of oxime groups is 1. The fourth-order valence-corrected chi connectivity index (χ4v) is 5.23. The van der Waals surface area contributed by atoms with E-state index in [1.54, 1.807) is 0 Å². The third-order valence-corrected chi connectivity index (χ3v) is 7.11. The smallest absolute Gasteiger partial charge is 0.410 e. The summed E-state index contributed by atoms with van der Waals surface area (Å²) in [7, 11) is 0. The van der Waals surface area contributed by atoms with E-state index >= 15 is 0 Å². The molecule has 5 N–H and O–H groups in total. The zero-order valence-electron chi connectivity index (χ0n) is 16.4. The SMILES string of the molecule is Nc1nc(/C(=N/O)C(=O)N[C@@H]2C(=O)N3C(C(=O)O)=C(COC(=O)N4CCC4)CS[C@H]23)cs1. The van der Waals surface area contributed by atoms with E-state index in [1.807, 2.05) is 0 Å². The number of nitrogens with two attached hydrogens (primary N) is 1. The van der Waals surface area contributed by atoms with Gasteiger partial charge in [0.1, 0.15) is 29.4 Å². The number of amides is 3. The summed E-state index contributed by atoms with van der Waals surface area (Å²) in [4.78, 5) is 55.4. The van der Waals surface area contributed by atoms with Crippen LogP contribution in [0.2, 0.25) is 0 Å². The average Bonchev–Trinajstić information content (AvgIpc) is 3.14. The van der Waals surface area contributed by atoms with Gasteiger partial charge in [-0.2, -0.15) is 0 Å². The number of aliphatic carboxylic acids is 1. The number of anilines is 1. The molecule has 3 aliphatic heterocycles. The third-order valence-electron chi connectivity index (χ3n) is 5.10. The largest absolute Gasteiger partial charge is 0.477 e. The fraction of sp³-hybridized carbons (Fsp3) is 0.412. The number of thioether (sulfide) groups is 1. The van der Waals surface area contributed by atoms with Crippen molar-refractivity contribution in [1.29, 1.82) is 0 Å². The number of carboxylic acid groups (broad SMARTS) is 1. The van der Waals surface area contributed by atoms with Crippen LogP contribution >= 0.6 is 23.1 Å². The number of likely N-dealkylation sites (tertiary alicyclic amines) is 1. The summed E-state index contributed by atoms with van der Waals surface area (Å²) in [5, 5.41) is 25.2. The van der Waals surface area contributed by atoms with Crippen LogP contribution in [0.3, 0.4) is 0 Å². The molecule has 2 saturated heterocycles. The van der Waals surface area contributed by atoms with Crippen LogP contribution in [0.25, 0.3) is 0 Å². The van der Waals surface area contributed by atoms with Crippen LogP contribution in [0.5, 0.6) is 0 Å². The molecule has 4 heterocycles. The molecule has 3 aliphatic rings. The zero-order valence-corrected chi connectivity index (χ0v) is 18.0. The van der Waals surface area contributed by atoms with Crippen molar-refractivity contribution in [2.75, 3.05) is 31.2 Å². The summed E-state index contributed by atoms with van der Waals surface area (Å²) in [6.07, 6.45) is 0.364. The van der Waals surface area contributed by atoms with Gasteiger partial charge >= 0.3 is 12.1 Å². The lowest BCUT2D eigenvalue weighted by Crippen LogP contribution is -2.71. The van der Waals surface area contributed by atoms with Crippen molar-refractivity contribution in [2.45, 2.75) is 17.8 Å². The minimum Gasteiger partial charge on any atom is -0.477 e. The minimum absolute atomic E-state index is 0.0462. The van der Waals surface area contributed by atoms with Crippen molar-refractivity contribution in [3.63, 3.8) is 0 Å². The monoisotopic (exact) mass is 482 g/mol. The molecule has 15 heteroatoms. The summed E-state index contributed by atoms with van der Waals surface area (Å²) >= 11 is 2.27. The Morgan fingerprint density at radius 3 is 2.69 bits per heavy atom. The van der Waals surface area contributed by atoms with E-state index in [9.17, 15) is 29.5 Å². The predicted octanol–water partition coefficient (Wildman–Crippen LogP) is -0.515. The molecule has 1 aromatic heterocycles. The Bertz CT molecular complexity index is 1050. The van der Waals surface area contributed by atoms with Crippen molar-refractivity contribution in [1.82, 2.24) is 20.1 Å². The second kappa shape index (κ2) is 8.66. The molecule has 4 rings (SSSR count). The van der Waals surface area contributed by atoms with Crippen molar-refractivity contribution >= 4 is 57.8 Å². The molecule has 3 amide bonds. The van der Waals surface area contributed by atoms with Crippen molar-refractivity contribution in [2.24, 2.45) is 5.16 Å². The highest BCUT2D eigenvalue weighted by Gasteiger charge is 2.54. The third kappa shape index (κ3) is 3.84. The highest BCUT2D eigenvalue weighted by molar-refractivity contribution is 8.00. The first-order chi connectivity index (χ1) is 15.3. The summed E-state index contributed by atoms with van der Waals surface area (Å²) in [6.45, 7) is 0.947. The number of rotatable bonds is 6. The topological polar surface area (TPSA) is 188 Å². The number of β-lactam (4-membered cyclic amide) rings is 1. The van der Waals surface area contributed by atoms with Gasteiger partial charge in [-0.15, -0.1) is 23.1 Å². The van der Waals surface area contributed by atoms with Crippen LogP contribution in [0.4, 0.5) is 9.93 Å². The van der Waals surface area contributed by atoms with Crippen LogP contribution in [0.1, 0.15) is 12.1 Å². The lowest BCUT2D eigenvalue weighted by molar-refractivity contribution is -0.150. The molecule has 0 unspecified atom stereocenters. The Balaban J connectivity index is 1.45. The predicted molar refractivity (Wildman–Crippen MR) is 112 cm³/mol. The summed E-state index contributed by atoms with van der Waals surface area (Å²) in [5.41, 5.74) is 5.19. The number of nitrogens with one attached hydrogen (secondary N) is 1. The molecule has 13 nitrogen and oxygen atoms in total. The number of carbonyl (C=O) groups is 4. The number of nitrogen functional groups attached to an aromatic ring is 1. The van der Waals surface area contributed by atoms with E-state index in [0.29, 0.717) is 18.7 Å². The summed E-state index contributed by atoms with van der Waals surface area (Å²) in [6, 6.07) is -1.03. The molecule has 2 atom stereocenters. The number of hydrogen-bond acceptors (Lipinski definition) is 11. The van der Waals surface area contributed by atoms with Gasteiger partial charge in [-0.25, -0.2) is 14.6 Å². The maximum absolute atomic E-state index is 12.7. The van der Waals surface area contributed by atoms with Gasteiger partial charge in [0.05, 0.1) is 0 Å². The molecule has 2 fully saturated rings. The molecule has 1 aromatic rings. The highest BCUT2D eigenvalue weighted by Crippen LogP contribution is 2.40. The molecule has 0 radical (unpaired) electrons. The van der Waals surface area contributed by atoms with Gasteiger partial charge < -0.3 is 31.0 Å². The number of carbonyl (C=O) groups excluding carboxylic acids is 3. The Kier molecular flexibility index (Phi) is 5.92. The van der Waals surface area contributed by atoms with E-state index < -0.39 is 41.0 Å². The van der Waals surface area contributed by atoms with E-state index in [1.165, 1.54) is 22.0 Å². The Labute approximate surface area is 188 Å². The summed E-state index contributed by atoms with van der Waals surface area (Å²) < 4.78 is 5.18. The van der Waals surface area contributed by atoms with Gasteiger partial charge in [0.25, 0.3) is 11.8 Å². The van der Waals surface area contributed by atoms with E-state index in [0.717, 1.165) is 22.7 Å². The van der Waals surface area contributed by atoms with Crippen LogP contribution < -0.4 is 11.1 Å². The Morgan fingerprint density at radius 2 is 2.12 bits per heavy atom. The molecule has 32 heavy (non-hydrogen) atoms. The number of fused-ring (bicyclic) bond motifs is 1. The van der Waals surface area contributed by atoms with E-state index in [4.69, 9.17) is 10.5 Å². The molecule has 0 saturated carbocycles. The second-order valence-electron chi connectivity index (χ2n) is 7.03. The van der Waals surface area contributed by atoms with Crippen molar-refractivity contribution in [3.8, 4) is 0 Å². The molecular weight excluding hydrogens is 464 g/mol. The maximum Gasteiger partial charge on any atom is 0.410 e. The maximum atomic E-state index is 12.7. The molecule has 0 aromatic carbocycles. The van der Waals surface area contributed by atoms with Crippen LogP contribution in [-0.2, 0) is 19.1 Å². The van der Waals surface area contributed by atoms with Crippen LogP contribution in [0.15, 0.2) is 21.8 Å². The van der Waals surface area contributed by atoms with Crippen molar-refractivity contribution < 1.29 is 34.2 Å². The van der Waals surface area contributed by atoms with Gasteiger partial charge in [-0.3, -0.25) is 14.5 Å². The first kappa shape index (κ1) is 21.9. The molecule has 170 valence electrons. The number of ether oxygens (including phenoxy) is 1. The Morgan fingerprint density at radius 1 is 1.38 bits per heavy atom. The number of hydrogen-bond donors (Lipinski definition) is 4. The number of aromatic nitrogens is 1. The van der Waals surface area contributed by atoms with Crippen molar-refractivity contribution in [3.05, 3.63) is 22.3 Å². The van der Waals surface area contributed by atoms with Gasteiger partial charge in [-0.05, 0) is 6.42 Å². The van der Waals surface area contributed by atoms with Gasteiger partial charge in [-0.1, -0.05) is 5.16 Å². The molecule has 0 aliphatic carbocycles. The lowest BCUT2D eigenvalue weighted by Gasteiger charge is -2.49. The Hall–Kier alpha value is -3.33. The van der Waals surface area contributed by atoms with E-state index in [2.05, 4.69) is 15.5 Å². The molecule has 0 spiro atoms. The first-order valence-corrected chi connectivity index (χ1v) is 11.3. The van der Waals surface area contributed by atoms with Crippen LogP contribution in [-0.4, -0.2) is 91.6 Å². The molecular formula is C17H18N6O7S2. The first-order valence-electron chi connectivity index (χ1n) is 9.37. The fourth-order valence-electron chi connectivity index (χ4n) is 3.35. The second-order valence-corrected chi connectivity index (χ2v) is 9.03. The standard InChI is InChI=1S/C17H18N6O7S2/c18-16-19-8(6-32-16)9(21-29)12(24)20-10-13(25)23-11(15(26)27)7(5-31-14(10)23)4-30-17(28)22-2-1-3-22/h6,10,14,29H,1-5H2,(H2,18,19)(H,20,24)(H,26,27)/b21-9-/t10-,14-/m1/s1. The van der Waals surface area contributed by atoms with Gasteiger partial charge in [0.15, 0.2) is 10.8 Å².